The minimum Gasteiger partial charge on any atom is -0.506 e. The fourth-order valence-electron chi connectivity index (χ4n) is 8.25. The fourth-order valence-corrected chi connectivity index (χ4v) is 9.27. The number of aliphatic hydroxyl groups excluding tert-OH is 1. The molecule has 0 saturated carbocycles. The van der Waals surface area contributed by atoms with Crippen LogP contribution in [0.1, 0.15) is 73.3 Å². The number of thiazole rings is 1. The number of aromatic hydroxyl groups is 1. The Kier molecular flexibility index (Phi) is 11.6. The average Bonchev–Trinajstić information content (AvgIpc) is 4.01. The second-order valence-corrected chi connectivity index (χ2v) is 17.3. The highest BCUT2D eigenvalue weighted by Gasteiger charge is 2.43. The summed E-state index contributed by atoms with van der Waals surface area (Å²) in [6.45, 7) is 12.2. The minimum absolute atomic E-state index is 0.0347. The lowest BCUT2D eigenvalue weighted by Crippen LogP contribution is -2.48. The number of halogens is 2. The van der Waals surface area contributed by atoms with Gasteiger partial charge < -0.3 is 34.7 Å². The van der Waals surface area contributed by atoms with Crippen LogP contribution < -0.4 is 10.1 Å². The summed E-state index contributed by atoms with van der Waals surface area (Å²) in [4.78, 5) is 40.3. The standard InChI is InChI=1S/C43H46ClFN8O6S/c1-21(2)37(43(57)53-19-29(54)14-34(53)42(56)47-23(4)25-6-8-26(9-7-25)40-24(5)46-20-60-40)35-16-36(51-59-35)58-11-10-52-17-27(18-52)38-22(3)30-15-33(49-50-41(30)48-38)31-12-28(45)13-32(44)39(31)55/h6-9,12-13,15-16,20-21,23,27,29,34,37,54-55H,10-11,14,17-19H2,1-5H3,(H,47,56)(H,48,50)/t23-,29+,34-,37?/m0/s1. The molecule has 2 fully saturated rings. The number of aromatic nitrogens is 5. The van der Waals surface area contributed by atoms with E-state index >= 15 is 0 Å². The first-order valence-electron chi connectivity index (χ1n) is 19.9. The molecule has 0 spiro atoms. The van der Waals surface area contributed by atoms with Gasteiger partial charge in [-0.1, -0.05) is 49.7 Å². The number of phenols is 1. The first-order chi connectivity index (χ1) is 28.7. The number of H-pyrrole nitrogens is 1. The van der Waals surface area contributed by atoms with Gasteiger partial charge in [0.25, 0.3) is 5.88 Å². The highest BCUT2D eigenvalue weighted by Crippen LogP contribution is 2.38. The van der Waals surface area contributed by atoms with E-state index in [1.165, 1.54) is 11.0 Å². The maximum atomic E-state index is 14.1. The van der Waals surface area contributed by atoms with E-state index in [1.54, 1.807) is 23.5 Å². The summed E-state index contributed by atoms with van der Waals surface area (Å²) in [5.41, 5.74) is 7.89. The molecule has 4 aromatic heterocycles. The Balaban J connectivity index is 0.849. The molecule has 2 saturated heterocycles. The Labute approximate surface area is 354 Å². The van der Waals surface area contributed by atoms with Gasteiger partial charge >= 0.3 is 0 Å². The number of aromatic amines is 1. The molecular weight excluding hydrogens is 811 g/mol. The first-order valence-corrected chi connectivity index (χ1v) is 21.2. The van der Waals surface area contributed by atoms with Crippen LogP contribution in [-0.4, -0.2) is 102 Å². The molecule has 4 atom stereocenters. The van der Waals surface area contributed by atoms with Crippen LogP contribution in [0.2, 0.25) is 5.02 Å². The number of phenolic OH excluding ortho intramolecular Hbond substituents is 1. The summed E-state index contributed by atoms with van der Waals surface area (Å²) in [7, 11) is 0. The molecule has 314 valence electrons. The highest BCUT2D eigenvalue weighted by atomic mass is 35.5. The first kappa shape index (κ1) is 41.3. The Morgan fingerprint density at radius 1 is 1.10 bits per heavy atom. The zero-order valence-corrected chi connectivity index (χ0v) is 35.4. The maximum Gasteiger partial charge on any atom is 0.254 e. The van der Waals surface area contributed by atoms with Gasteiger partial charge in [0.15, 0.2) is 11.4 Å². The van der Waals surface area contributed by atoms with Crippen molar-refractivity contribution in [1.29, 1.82) is 0 Å². The molecule has 2 aromatic carbocycles. The van der Waals surface area contributed by atoms with Gasteiger partial charge in [0.05, 0.1) is 38.9 Å². The lowest BCUT2D eigenvalue weighted by atomic mass is 9.91. The van der Waals surface area contributed by atoms with Gasteiger partial charge in [0, 0.05) is 61.2 Å². The van der Waals surface area contributed by atoms with Crippen LogP contribution in [0.5, 0.6) is 11.6 Å². The molecule has 0 bridgehead atoms. The number of amides is 2. The van der Waals surface area contributed by atoms with Crippen molar-refractivity contribution in [1.82, 2.24) is 40.4 Å². The SMILES string of the molecule is Cc1ncsc1-c1ccc([C@H](C)NC(=O)[C@@H]2C[C@@H](O)CN2C(=O)C(c2cc(OCCN3CC(c4[nH]c5nnc(-c6cc(F)cc(Cl)c6O)cc5c4C)C3)no2)C(C)C)cc1. The lowest BCUT2D eigenvalue weighted by Gasteiger charge is -2.39. The van der Waals surface area contributed by atoms with Gasteiger partial charge in [-0.3, -0.25) is 14.5 Å². The van der Waals surface area contributed by atoms with Crippen LogP contribution >= 0.6 is 22.9 Å². The molecule has 4 N–H and O–H groups in total. The number of nitrogens with zero attached hydrogens (tertiary/aromatic N) is 6. The van der Waals surface area contributed by atoms with Gasteiger partial charge in [-0.05, 0) is 66.7 Å². The van der Waals surface area contributed by atoms with Crippen LogP contribution in [0.25, 0.3) is 32.7 Å². The number of β-amino-alcohol motifs (C(OH)–C–C–N with tert-alkyl or cyclic N) is 1. The topological polar surface area (TPSA) is 183 Å². The smallest absolute Gasteiger partial charge is 0.254 e. The van der Waals surface area contributed by atoms with Crippen molar-refractivity contribution in [2.24, 2.45) is 5.92 Å². The van der Waals surface area contributed by atoms with E-state index in [9.17, 15) is 24.2 Å². The van der Waals surface area contributed by atoms with Crippen LogP contribution in [0, 0.1) is 25.6 Å². The number of hydrogen-bond donors (Lipinski definition) is 4. The molecule has 6 heterocycles. The minimum atomic E-state index is -0.845. The molecular formula is C43H46ClFN8O6S. The number of aliphatic hydroxyl groups is 1. The van der Waals surface area contributed by atoms with E-state index in [1.807, 2.05) is 64.4 Å². The Hall–Kier alpha value is -5.42. The lowest BCUT2D eigenvalue weighted by molar-refractivity contribution is -0.141. The van der Waals surface area contributed by atoms with Gasteiger partial charge in [0.2, 0.25) is 11.8 Å². The second-order valence-electron chi connectivity index (χ2n) is 16.0. The monoisotopic (exact) mass is 856 g/mol. The number of likely N-dealkylation sites (tertiary alicyclic amines) is 2. The van der Waals surface area contributed by atoms with E-state index in [4.69, 9.17) is 20.9 Å². The summed E-state index contributed by atoms with van der Waals surface area (Å²) in [6.07, 6.45) is -0.707. The van der Waals surface area contributed by atoms with Crippen molar-refractivity contribution < 1.29 is 33.5 Å². The summed E-state index contributed by atoms with van der Waals surface area (Å²) in [5, 5.41) is 37.5. The Morgan fingerprint density at radius 3 is 2.58 bits per heavy atom. The summed E-state index contributed by atoms with van der Waals surface area (Å²) in [6, 6.07) is 12.4. The fraction of sp³-hybridized carbons (Fsp3) is 0.395. The molecule has 60 heavy (non-hydrogen) atoms. The molecule has 0 radical (unpaired) electrons. The molecule has 0 aliphatic carbocycles. The summed E-state index contributed by atoms with van der Waals surface area (Å²) in [5.74, 6) is -1.62. The number of rotatable bonds is 13. The van der Waals surface area contributed by atoms with Crippen LogP contribution in [0.3, 0.4) is 0 Å². The predicted molar refractivity (Wildman–Crippen MR) is 224 cm³/mol. The van der Waals surface area contributed by atoms with Crippen molar-refractivity contribution in [3.05, 3.63) is 93.2 Å². The van der Waals surface area contributed by atoms with Crippen molar-refractivity contribution in [3.63, 3.8) is 0 Å². The van der Waals surface area contributed by atoms with Crippen LogP contribution in [0.4, 0.5) is 4.39 Å². The molecule has 8 rings (SSSR count). The number of fused-ring (bicyclic) bond motifs is 1. The normalized spacial score (nSPS) is 18.2. The van der Waals surface area contributed by atoms with E-state index in [2.05, 4.69) is 35.5 Å². The van der Waals surface area contributed by atoms with E-state index < -0.39 is 23.9 Å². The number of nitrogens with one attached hydrogen (secondary N) is 2. The zero-order chi connectivity index (χ0) is 42.4. The third-order valence-corrected chi connectivity index (χ3v) is 12.8. The van der Waals surface area contributed by atoms with Gasteiger partial charge in [0.1, 0.15) is 30.1 Å². The largest absolute Gasteiger partial charge is 0.506 e. The second kappa shape index (κ2) is 16.9. The number of carbonyl (C=O) groups excluding carboxylic acids is 2. The summed E-state index contributed by atoms with van der Waals surface area (Å²) < 4.78 is 25.7. The molecule has 1 unspecified atom stereocenters. The van der Waals surface area contributed by atoms with Gasteiger partial charge in [-0.15, -0.1) is 21.5 Å². The number of hydrogen-bond acceptors (Lipinski definition) is 12. The van der Waals surface area contributed by atoms with Crippen LogP contribution in [0.15, 0.2) is 58.6 Å². The van der Waals surface area contributed by atoms with Crippen molar-refractivity contribution in [2.45, 2.75) is 71.1 Å². The number of benzene rings is 2. The third kappa shape index (κ3) is 8.20. The highest BCUT2D eigenvalue weighted by molar-refractivity contribution is 7.13. The zero-order valence-electron chi connectivity index (χ0n) is 33.8. The van der Waals surface area contributed by atoms with E-state index in [-0.39, 0.29) is 64.9 Å². The van der Waals surface area contributed by atoms with E-state index in [0.717, 1.165) is 57.5 Å². The predicted octanol–water partition coefficient (Wildman–Crippen LogP) is 6.91. The molecule has 2 aliphatic heterocycles. The van der Waals surface area contributed by atoms with Crippen molar-refractivity contribution in [3.8, 4) is 33.3 Å². The number of carbonyl (C=O) groups is 2. The molecule has 2 aliphatic rings. The number of aryl methyl sites for hydroxylation is 2. The molecule has 17 heteroatoms. The van der Waals surface area contributed by atoms with Gasteiger partial charge in [-0.2, -0.15) is 0 Å². The number of ether oxygens (including phenoxy) is 1. The Bertz CT molecular complexity index is 2540. The third-order valence-electron chi connectivity index (χ3n) is 11.6. The van der Waals surface area contributed by atoms with E-state index in [0.29, 0.717) is 30.3 Å². The molecule has 2 amide bonds. The quantitative estimate of drug-likeness (QED) is 0.0948. The van der Waals surface area contributed by atoms with Crippen LogP contribution in [-0.2, 0) is 9.59 Å². The van der Waals surface area contributed by atoms with Gasteiger partial charge in [-0.25, -0.2) is 9.37 Å². The van der Waals surface area contributed by atoms with Crippen molar-refractivity contribution >= 4 is 45.8 Å². The van der Waals surface area contributed by atoms with Crippen molar-refractivity contribution in [2.75, 3.05) is 32.8 Å². The summed E-state index contributed by atoms with van der Waals surface area (Å²) >= 11 is 7.57. The molecule has 14 nitrogen and oxygen atoms in total. The molecule has 6 aromatic rings. The Morgan fingerprint density at radius 2 is 1.87 bits per heavy atom. The average molecular weight is 857 g/mol. The maximum absolute atomic E-state index is 14.1.